The molecule has 0 bridgehead atoms. The van der Waals surface area contributed by atoms with Gasteiger partial charge in [0.15, 0.2) is 0 Å². The monoisotopic (exact) mass is 295 g/mol. The molecule has 1 heterocycles. The van der Waals surface area contributed by atoms with Crippen LogP contribution in [0, 0.1) is 11.7 Å². The highest BCUT2D eigenvalue weighted by atomic mass is 35.5. The Bertz CT molecular complexity index is 592. The fourth-order valence-corrected chi connectivity index (χ4v) is 3.79. The number of hydrogen-bond acceptors (Lipinski definition) is 2. The zero-order valence-electron chi connectivity index (χ0n) is 10.6. The van der Waals surface area contributed by atoms with Crippen molar-refractivity contribution in [1.29, 1.82) is 0 Å². The van der Waals surface area contributed by atoms with Gasteiger partial charge < -0.3 is 5.32 Å². The molecule has 1 aromatic carbocycles. The second-order valence-corrected chi connectivity index (χ2v) is 6.48. The van der Waals surface area contributed by atoms with Gasteiger partial charge in [-0.2, -0.15) is 0 Å². The number of rotatable bonds is 4. The molecule has 1 aromatic heterocycles. The van der Waals surface area contributed by atoms with Gasteiger partial charge in [0, 0.05) is 26.4 Å². The third kappa shape index (κ3) is 2.69. The number of hydrogen-bond donors (Lipinski definition) is 1. The fraction of sp³-hybridized carbons (Fsp3) is 0.333. The molecule has 2 aromatic rings. The smallest absolute Gasteiger partial charge is 0.133 e. The Kier molecular flexibility index (Phi) is 3.61. The summed E-state index contributed by atoms with van der Waals surface area (Å²) >= 11 is 7.45. The Morgan fingerprint density at radius 2 is 2.11 bits per heavy atom. The van der Waals surface area contributed by atoms with Gasteiger partial charge in [0.25, 0.3) is 0 Å². The van der Waals surface area contributed by atoms with Gasteiger partial charge in [-0.3, -0.25) is 0 Å². The van der Waals surface area contributed by atoms with Crippen molar-refractivity contribution in [3.05, 3.63) is 46.0 Å². The van der Waals surface area contributed by atoms with Crippen LogP contribution in [-0.2, 0) is 0 Å². The molecule has 1 saturated carbocycles. The van der Waals surface area contributed by atoms with E-state index in [0.29, 0.717) is 16.6 Å². The molecule has 1 nitrogen and oxygen atoms in total. The summed E-state index contributed by atoms with van der Waals surface area (Å²) in [5.41, 5.74) is 0.631. The average Bonchev–Trinajstić information content (AvgIpc) is 3.09. The number of thiophene rings is 1. The van der Waals surface area contributed by atoms with E-state index >= 15 is 0 Å². The van der Waals surface area contributed by atoms with Crippen molar-refractivity contribution in [1.82, 2.24) is 5.32 Å². The minimum Gasteiger partial charge on any atom is -0.312 e. The summed E-state index contributed by atoms with van der Waals surface area (Å²) in [5, 5.41) is 3.80. The lowest BCUT2D eigenvalue weighted by molar-refractivity contribution is 0.537. The number of benzene rings is 1. The predicted octanol–water partition coefficient (Wildman–Crippen LogP) is 4.88. The SMILES string of the molecule is CNC(c1ccc(-c2ccc(Cl)cc2F)s1)C1CC1. The van der Waals surface area contributed by atoms with Gasteiger partial charge in [0.1, 0.15) is 5.82 Å². The zero-order chi connectivity index (χ0) is 13.4. The summed E-state index contributed by atoms with van der Waals surface area (Å²) in [6, 6.07) is 9.36. The van der Waals surface area contributed by atoms with Crippen LogP contribution in [0.3, 0.4) is 0 Å². The van der Waals surface area contributed by atoms with Crippen LogP contribution < -0.4 is 5.32 Å². The molecule has 1 aliphatic rings. The van der Waals surface area contributed by atoms with E-state index in [1.54, 1.807) is 23.5 Å². The first kappa shape index (κ1) is 13.1. The largest absolute Gasteiger partial charge is 0.312 e. The van der Waals surface area contributed by atoms with Gasteiger partial charge in [-0.25, -0.2) is 4.39 Å². The Balaban J connectivity index is 1.91. The maximum atomic E-state index is 13.9. The quantitative estimate of drug-likeness (QED) is 0.848. The van der Waals surface area contributed by atoms with Crippen molar-refractivity contribution in [2.24, 2.45) is 5.92 Å². The van der Waals surface area contributed by atoms with Crippen LogP contribution in [-0.4, -0.2) is 7.05 Å². The first-order chi connectivity index (χ1) is 9.19. The van der Waals surface area contributed by atoms with Gasteiger partial charge in [-0.05, 0) is 56.1 Å². The maximum absolute atomic E-state index is 13.9. The molecule has 1 unspecified atom stereocenters. The van der Waals surface area contributed by atoms with E-state index in [9.17, 15) is 4.39 Å². The minimum absolute atomic E-state index is 0.256. The van der Waals surface area contributed by atoms with E-state index in [0.717, 1.165) is 10.8 Å². The molecule has 0 aliphatic heterocycles. The van der Waals surface area contributed by atoms with Crippen LogP contribution in [0.5, 0.6) is 0 Å². The molecule has 0 amide bonds. The summed E-state index contributed by atoms with van der Waals surface area (Å²) in [6.07, 6.45) is 2.57. The molecule has 3 rings (SSSR count). The molecule has 19 heavy (non-hydrogen) atoms. The second-order valence-electron chi connectivity index (χ2n) is 4.93. The van der Waals surface area contributed by atoms with Gasteiger partial charge in [0.2, 0.25) is 0 Å². The highest BCUT2D eigenvalue weighted by Gasteiger charge is 2.32. The Hall–Kier alpha value is -0.900. The second kappa shape index (κ2) is 5.23. The molecule has 4 heteroatoms. The molecule has 1 aliphatic carbocycles. The van der Waals surface area contributed by atoms with Crippen LogP contribution in [0.4, 0.5) is 4.39 Å². The van der Waals surface area contributed by atoms with Gasteiger partial charge >= 0.3 is 0 Å². The van der Waals surface area contributed by atoms with Crippen molar-refractivity contribution < 1.29 is 4.39 Å². The van der Waals surface area contributed by atoms with Crippen LogP contribution in [0.1, 0.15) is 23.8 Å². The first-order valence-corrected chi connectivity index (χ1v) is 7.61. The van der Waals surface area contributed by atoms with E-state index in [1.165, 1.54) is 23.8 Å². The molecule has 1 fully saturated rings. The highest BCUT2D eigenvalue weighted by molar-refractivity contribution is 7.15. The maximum Gasteiger partial charge on any atom is 0.133 e. The Labute approximate surface area is 121 Å². The lowest BCUT2D eigenvalue weighted by atomic mass is 10.1. The zero-order valence-corrected chi connectivity index (χ0v) is 12.2. The molecule has 0 saturated heterocycles. The Morgan fingerprint density at radius 1 is 1.32 bits per heavy atom. The molecule has 100 valence electrons. The number of halogens is 2. The van der Waals surface area contributed by atoms with E-state index in [4.69, 9.17) is 11.6 Å². The summed E-state index contributed by atoms with van der Waals surface area (Å²) in [6.45, 7) is 0. The van der Waals surface area contributed by atoms with Crippen LogP contribution >= 0.6 is 22.9 Å². The van der Waals surface area contributed by atoms with Gasteiger partial charge in [-0.1, -0.05) is 11.6 Å². The number of nitrogens with one attached hydrogen (secondary N) is 1. The molecular formula is C15H15ClFNS. The third-order valence-corrected chi connectivity index (χ3v) is 4.97. The van der Waals surface area contributed by atoms with E-state index in [-0.39, 0.29) is 5.82 Å². The molecule has 1 atom stereocenters. The predicted molar refractivity (Wildman–Crippen MR) is 79.2 cm³/mol. The molecule has 0 radical (unpaired) electrons. The summed E-state index contributed by atoms with van der Waals surface area (Å²) in [4.78, 5) is 2.25. The van der Waals surface area contributed by atoms with E-state index < -0.39 is 0 Å². The van der Waals surface area contributed by atoms with Crippen molar-refractivity contribution in [3.8, 4) is 10.4 Å². The lowest BCUT2D eigenvalue weighted by Crippen LogP contribution is -2.16. The normalized spacial score (nSPS) is 16.6. The van der Waals surface area contributed by atoms with E-state index in [2.05, 4.69) is 11.4 Å². The van der Waals surface area contributed by atoms with Crippen molar-refractivity contribution >= 4 is 22.9 Å². The summed E-state index contributed by atoms with van der Waals surface area (Å²) < 4.78 is 13.9. The third-order valence-electron chi connectivity index (χ3n) is 3.53. The average molecular weight is 296 g/mol. The van der Waals surface area contributed by atoms with Crippen LogP contribution in [0.2, 0.25) is 5.02 Å². The summed E-state index contributed by atoms with van der Waals surface area (Å²) in [5.74, 6) is 0.486. The van der Waals surface area contributed by atoms with Crippen LogP contribution in [0.25, 0.3) is 10.4 Å². The lowest BCUT2D eigenvalue weighted by Gasteiger charge is -2.12. The van der Waals surface area contributed by atoms with Crippen molar-refractivity contribution in [2.45, 2.75) is 18.9 Å². The van der Waals surface area contributed by atoms with Crippen LogP contribution in [0.15, 0.2) is 30.3 Å². The van der Waals surface area contributed by atoms with Gasteiger partial charge in [-0.15, -0.1) is 11.3 Å². The van der Waals surface area contributed by atoms with E-state index in [1.807, 2.05) is 13.1 Å². The topological polar surface area (TPSA) is 12.0 Å². The molecular weight excluding hydrogens is 281 g/mol. The fourth-order valence-electron chi connectivity index (χ4n) is 2.39. The summed E-state index contributed by atoms with van der Waals surface area (Å²) in [7, 11) is 1.99. The van der Waals surface area contributed by atoms with Gasteiger partial charge in [0.05, 0.1) is 0 Å². The Morgan fingerprint density at radius 3 is 2.74 bits per heavy atom. The highest BCUT2D eigenvalue weighted by Crippen LogP contribution is 2.44. The standard InChI is InChI=1S/C15H15ClFNS/c1-18-15(9-2-3-9)14-7-6-13(19-14)11-5-4-10(16)8-12(11)17/h4-9,15,18H,2-3H2,1H3. The van der Waals surface area contributed by atoms with Crippen molar-refractivity contribution in [2.75, 3.05) is 7.05 Å². The molecule has 0 spiro atoms. The molecule has 1 N–H and O–H groups in total. The van der Waals surface area contributed by atoms with Crippen molar-refractivity contribution in [3.63, 3.8) is 0 Å². The first-order valence-electron chi connectivity index (χ1n) is 6.41. The minimum atomic E-state index is -0.256.